The molecule has 0 saturated heterocycles. The molecule has 1 N–H and O–H groups in total. The number of hydrogen-bond acceptors (Lipinski definition) is 2. The van der Waals surface area contributed by atoms with E-state index in [1.807, 2.05) is 32.9 Å². The Morgan fingerprint density at radius 2 is 1.53 bits per heavy atom. The van der Waals surface area contributed by atoms with Gasteiger partial charge in [-0.15, -0.1) is 0 Å². The van der Waals surface area contributed by atoms with Crippen molar-refractivity contribution in [1.82, 2.24) is 0 Å². The van der Waals surface area contributed by atoms with Gasteiger partial charge in [0.05, 0.1) is 0 Å². The van der Waals surface area contributed by atoms with Gasteiger partial charge in [-0.05, 0) is 27.5 Å². The molecule has 0 aliphatic rings. The third kappa shape index (κ3) is 4.62. The molecule has 0 bridgehead atoms. The highest BCUT2D eigenvalue weighted by molar-refractivity contribution is 7.85. The highest BCUT2D eigenvalue weighted by Crippen LogP contribution is 2.32. The SMILES string of the molecule is CC(C)(C)c1ccc(CS(=O)(=O)O)c(C(C)(C)C)c1. The van der Waals surface area contributed by atoms with Crippen LogP contribution in [-0.4, -0.2) is 13.0 Å². The smallest absolute Gasteiger partial charge is 0.269 e. The molecule has 0 aliphatic heterocycles. The summed E-state index contributed by atoms with van der Waals surface area (Å²) in [5.74, 6) is -0.329. The molecule has 1 aromatic carbocycles. The van der Waals surface area contributed by atoms with Gasteiger partial charge in [-0.25, -0.2) is 0 Å². The van der Waals surface area contributed by atoms with E-state index in [-0.39, 0.29) is 16.6 Å². The normalized spacial score (nSPS) is 13.6. The molecule has 0 aliphatic carbocycles. The average molecular weight is 284 g/mol. The summed E-state index contributed by atoms with van der Waals surface area (Å²) < 4.78 is 31.3. The molecule has 0 amide bonds. The minimum atomic E-state index is -4.01. The molecular weight excluding hydrogens is 260 g/mol. The van der Waals surface area contributed by atoms with Gasteiger partial charge < -0.3 is 0 Å². The first-order valence-electron chi connectivity index (χ1n) is 6.40. The van der Waals surface area contributed by atoms with Gasteiger partial charge in [0.25, 0.3) is 10.1 Å². The van der Waals surface area contributed by atoms with Crippen molar-refractivity contribution in [2.45, 2.75) is 58.1 Å². The molecule has 0 aromatic heterocycles. The van der Waals surface area contributed by atoms with Gasteiger partial charge in [0.2, 0.25) is 0 Å². The molecule has 0 saturated carbocycles. The predicted molar refractivity (Wildman–Crippen MR) is 79.1 cm³/mol. The lowest BCUT2D eigenvalue weighted by molar-refractivity contribution is 0.481. The molecular formula is C15H24O3S. The summed E-state index contributed by atoms with van der Waals surface area (Å²) in [4.78, 5) is 0. The zero-order valence-corrected chi connectivity index (χ0v) is 13.4. The summed E-state index contributed by atoms with van der Waals surface area (Å²) in [5, 5.41) is 0. The minimum Gasteiger partial charge on any atom is -0.285 e. The maximum atomic E-state index is 11.1. The average Bonchev–Trinajstić information content (AvgIpc) is 2.11. The van der Waals surface area contributed by atoms with Crippen molar-refractivity contribution in [1.29, 1.82) is 0 Å². The van der Waals surface area contributed by atoms with Gasteiger partial charge in [0.15, 0.2) is 0 Å². The first-order chi connectivity index (χ1) is 8.31. The van der Waals surface area contributed by atoms with E-state index >= 15 is 0 Å². The van der Waals surface area contributed by atoms with Gasteiger partial charge in [0.1, 0.15) is 5.75 Å². The summed E-state index contributed by atoms with van der Waals surface area (Å²) in [6.07, 6.45) is 0. The van der Waals surface area contributed by atoms with E-state index in [0.717, 1.165) is 11.1 Å². The summed E-state index contributed by atoms with van der Waals surface area (Å²) >= 11 is 0. The molecule has 0 unspecified atom stereocenters. The Labute approximate surface area is 116 Å². The zero-order valence-electron chi connectivity index (χ0n) is 12.6. The molecule has 1 rings (SSSR count). The molecule has 3 nitrogen and oxygen atoms in total. The van der Waals surface area contributed by atoms with Crippen LogP contribution in [0.3, 0.4) is 0 Å². The lowest BCUT2D eigenvalue weighted by atomic mass is 9.79. The lowest BCUT2D eigenvalue weighted by Gasteiger charge is -2.27. The van der Waals surface area contributed by atoms with Gasteiger partial charge >= 0.3 is 0 Å². The number of benzene rings is 1. The van der Waals surface area contributed by atoms with Crippen LogP contribution in [0, 0.1) is 0 Å². The highest BCUT2D eigenvalue weighted by Gasteiger charge is 2.23. The number of hydrogen-bond donors (Lipinski definition) is 1. The zero-order chi connectivity index (χ0) is 15.1. The fourth-order valence-electron chi connectivity index (χ4n) is 2.06. The van der Waals surface area contributed by atoms with Crippen LogP contribution in [-0.2, 0) is 26.7 Å². The summed E-state index contributed by atoms with van der Waals surface area (Å²) in [7, 11) is -4.01. The second-order valence-corrected chi connectivity index (χ2v) is 8.55. The summed E-state index contributed by atoms with van der Waals surface area (Å²) in [5.41, 5.74) is 2.65. The van der Waals surface area contributed by atoms with Crippen LogP contribution >= 0.6 is 0 Å². The number of rotatable bonds is 2. The lowest BCUT2D eigenvalue weighted by Crippen LogP contribution is -2.19. The van der Waals surface area contributed by atoms with Crippen LogP contribution < -0.4 is 0 Å². The monoisotopic (exact) mass is 284 g/mol. The van der Waals surface area contributed by atoms with Crippen molar-refractivity contribution in [3.63, 3.8) is 0 Å². The van der Waals surface area contributed by atoms with Crippen molar-refractivity contribution in [3.05, 3.63) is 34.9 Å². The molecule has 0 heterocycles. The molecule has 0 fully saturated rings. The van der Waals surface area contributed by atoms with E-state index in [0.29, 0.717) is 5.56 Å². The maximum absolute atomic E-state index is 11.1. The maximum Gasteiger partial charge on any atom is 0.269 e. The van der Waals surface area contributed by atoms with Crippen molar-refractivity contribution in [2.75, 3.05) is 0 Å². The van der Waals surface area contributed by atoms with Crippen molar-refractivity contribution < 1.29 is 13.0 Å². The van der Waals surface area contributed by atoms with E-state index in [4.69, 9.17) is 4.55 Å². The van der Waals surface area contributed by atoms with Gasteiger partial charge in [0, 0.05) is 0 Å². The second-order valence-electron chi connectivity index (χ2n) is 7.10. The Hall–Kier alpha value is -0.870. The van der Waals surface area contributed by atoms with Crippen molar-refractivity contribution in [2.24, 2.45) is 0 Å². The fourth-order valence-corrected chi connectivity index (χ4v) is 2.71. The topological polar surface area (TPSA) is 54.4 Å². The Kier molecular flexibility index (Phi) is 4.18. The second kappa shape index (κ2) is 4.91. The van der Waals surface area contributed by atoms with Crippen molar-refractivity contribution >= 4 is 10.1 Å². The fraction of sp³-hybridized carbons (Fsp3) is 0.600. The van der Waals surface area contributed by atoms with Crippen molar-refractivity contribution in [3.8, 4) is 0 Å². The molecule has 0 spiro atoms. The van der Waals surface area contributed by atoms with Gasteiger partial charge in [-0.1, -0.05) is 59.7 Å². The Balaban J connectivity index is 3.42. The standard InChI is InChI=1S/C15H24O3S/c1-14(2,3)12-8-7-11(10-19(16,17)18)13(9-12)15(4,5)6/h7-9H,10H2,1-6H3,(H,16,17,18). The van der Waals surface area contributed by atoms with E-state index < -0.39 is 10.1 Å². The minimum absolute atomic E-state index is 0.0105. The van der Waals surface area contributed by atoms with Crippen LogP contribution in [0.2, 0.25) is 0 Å². The Bertz CT molecular complexity index is 558. The summed E-state index contributed by atoms with van der Waals surface area (Å²) in [6.45, 7) is 12.5. The van der Waals surface area contributed by atoms with Crippen LogP contribution in [0.4, 0.5) is 0 Å². The van der Waals surface area contributed by atoms with Crippen LogP contribution in [0.5, 0.6) is 0 Å². The molecule has 0 radical (unpaired) electrons. The van der Waals surface area contributed by atoms with Gasteiger partial charge in [-0.2, -0.15) is 8.42 Å². The first-order valence-corrected chi connectivity index (χ1v) is 8.01. The molecule has 0 atom stereocenters. The van der Waals surface area contributed by atoms with Gasteiger partial charge in [-0.3, -0.25) is 4.55 Å². The third-order valence-electron chi connectivity index (χ3n) is 3.12. The van der Waals surface area contributed by atoms with Crippen LogP contribution in [0.25, 0.3) is 0 Å². The van der Waals surface area contributed by atoms with E-state index in [1.165, 1.54) is 0 Å². The largest absolute Gasteiger partial charge is 0.285 e. The molecule has 108 valence electrons. The van der Waals surface area contributed by atoms with Crippen LogP contribution in [0.15, 0.2) is 18.2 Å². The molecule has 19 heavy (non-hydrogen) atoms. The van der Waals surface area contributed by atoms with E-state index in [2.05, 4.69) is 26.8 Å². The third-order valence-corrected chi connectivity index (χ3v) is 3.80. The van der Waals surface area contributed by atoms with E-state index in [1.54, 1.807) is 0 Å². The molecule has 4 heteroatoms. The van der Waals surface area contributed by atoms with E-state index in [9.17, 15) is 8.42 Å². The Morgan fingerprint density at radius 1 is 1.00 bits per heavy atom. The molecule has 1 aromatic rings. The quantitative estimate of drug-likeness (QED) is 0.843. The Morgan fingerprint density at radius 3 is 1.89 bits per heavy atom. The highest BCUT2D eigenvalue weighted by atomic mass is 32.2. The van der Waals surface area contributed by atoms with Crippen LogP contribution in [0.1, 0.15) is 58.2 Å². The first kappa shape index (κ1) is 16.2. The predicted octanol–water partition coefficient (Wildman–Crippen LogP) is 3.67. The summed E-state index contributed by atoms with van der Waals surface area (Å²) in [6, 6.07) is 5.81.